The number of pyridine rings is 1. The van der Waals surface area contributed by atoms with Crippen LogP contribution < -0.4 is 5.32 Å². The van der Waals surface area contributed by atoms with Crippen LogP contribution in [0.2, 0.25) is 0 Å². The topological polar surface area (TPSA) is 72.3 Å². The van der Waals surface area contributed by atoms with E-state index in [1.165, 1.54) is 5.56 Å². The summed E-state index contributed by atoms with van der Waals surface area (Å²) >= 11 is 0. The molecule has 2 aromatic rings. The van der Waals surface area contributed by atoms with Crippen LogP contribution in [0.3, 0.4) is 0 Å². The number of nitrogens with zero attached hydrogens (tertiary/aromatic N) is 4. The summed E-state index contributed by atoms with van der Waals surface area (Å²) in [4.78, 5) is 18.8. The average molecular weight is 355 g/mol. The molecule has 2 aliphatic heterocycles. The number of carbonyl (C=O) groups is 1. The molecular weight excluding hydrogens is 330 g/mol. The third kappa shape index (κ3) is 3.78. The molecule has 26 heavy (non-hydrogen) atoms. The second-order valence-corrected chi connectivity index (χ2v) is 7.41. The van der Waals surface area contributed by atoms with Gasteiger partial charge in [-0.2, -0.15) is 5.10 Å². The SMILES string of the molecule is Cn1cc(CN2CC[C@]3(C[C@H](NC(=O)c4ccncc4)CCO3)C2)cn1. The highest BCUT2D eigenvalue weighted by atomic mass is 16.5. The van der Waals surface area contributed by atoms with E-state index in [1.807, 2.05) is 17.9 Å². The largest absolute Gasteiger partial charge is 0.373 e. The first-order chi connectivity index (χ1) is 12.6. The van der Waals surface area contributed by atoms with Crippen molar-refractivity contribution in [2.75, 3.05) is 19.7 Å². The van der Waals surface area contributed by atoms with Gasteiger partial charge in [-0.3, -0.25) is 19.4 Å². The number of aromatic nitrogens is 3. The Balaban J connectivity index is 1.35. The van der Waals surface area contributed by atoms with Crippen LogP contribution in [0.1, 0.15) is 35.2 Å². The van der Waals surface area contributed by atoms with Gasteiger partial charge in [-0.05, 0) is 31.4 Å². The van der Waals surface area contributed by atoms with E-state index in [9.17, 15) is 4.79 Å². The van der Waals surface area contributed by atoms with Gasteiger partial charge < -0.3 is 10.1 Å². The van der Waals surface area contributed by atoms with Crippen LogP contribution in [0.4, 0.5) is 0 Å². The zero-order valence-electron chi connectivity index (χ0n) is 15.1. The molecule has 1 spiro atoms. The second-order valence-electron chi connectivity index (χ2n) is 7.41. The number of ether oxygens (including phenoxy) is 1. The minimum atomic E-state index is -0.142. The molecule has 2 aliphatic rings. The Morgan fingerprint density at radius 2 is 2.27 bits per heavy atom. The lowest BCUT2D eigenvalue weighted by Crippen LogP contribution is -2.49. The molecule has 2 saturated heterocycles. The molecule has 0 radical (unpaired) electrons. The van der Waals surface area contributed by atoms with Crippen molar-refractivity contribution < 1.29 is 9.53 Å². The van der Waals surface area contributed by atoms with Gasteiger partial charge >= 0.3 is 0 Å². The fourth-order valence-corrected chi connectivity index (χ4v) is 4.08. The first kappa shape index (κ1) is 17.2. The molecule has 2 fully saturated rings. The van der Waals surface area contributed by atoms with Crippen LogP contribution in [-0.4, -0.2) is 56.9 Å². The predicted octanol–water partition coefficient (Wildman–Crippen LogP) is 1.37. The maximum Gasteiger partial charge on any atom is 0.251 e. The molecule has 1 amide bonds. The molecular formula is C19H25N5O2. The molecule has 138 valence electrons. The summed E-state index contributed by atoms with van der Waals surface area (Å²) in [5.74, 6) is -0.0281. The summed E-state index contributed by atoms with van der Waals surface area (Å²) < 4.78 is 8.03. The summed E-state index contributed by atoms with van der Waals surface area (Å²) in [6, 6.07) is 3.65. The Hall–Kier alpha value is -2.25. The maximum absolute atomic E-state index is 12.4. The van der Waals surface area contributed by atoms with Crippen LogP contribution in [0.25, 0.3) is 0 Å². The van der Waals surface area contributed by atoms with Crippen LogP contribution in [-0.2, 0) is 18.3 Å². The summed E-state index contributed by atoms with van der Waals surface area (Å²) in [5, 5.41) is 7.42. The van der Waals surface area contributed by atoms with E-state index in [-0.39, 0.29) is 17.6 Å². The summed E-state index contributed by atoms with van der Waals surface area (Å²) in [7, 11) is 1.94. The van der Waals surface area contributed by atoms with Gasteiger partial charge in [0.15, 0.2) is 0 Å². The van der Waals surface area contributed by atoms with E-state index in [2.05, 4.69) is 26.5 Å². The van der Waals surface area contributed by atoms with Crippen molar-refractivity contribution >= 4 is 5.91 Å². The number of aryl methyl sites for hydroxylation is 1. The van der Waals surface area contributed by atoms with Gasteiger partial charge in [-0.15, -0.1) is 0 Å². The van der Waals surface area contributed by atoms with Crippen molar-refractivity contribution in [2.24, 2.45) is 7.05 Å². The maximum atomic E-state index is 12.4. The lowest BCUT2D eigenvalue weighted by atomic mass is 9.89. The Morgan fingerprint density at radius 3 is 3.04 bits per heavy atom. The van der Waals surface area contributed by atoms with Gasteiger partial charge in [0, 0.05) is 69.0 Å². The van der Waals surface area contributed by atoms with Crippen LogP contribution in [0, 0.1) is 0 Å². The van der Waals surface area contributed by atoms with Gasteiger partial charge in [0.25, 0.3) is 5.91 Å². The number of likely N-dealkylation sites (tertiary alicyclic amines) is 1. The summed E-state index contributed by atoms with van der Waals surface area (Å²) in [6.07, 6.45) is 10.0. The molecule has 0 saturated carbocycles. The molecule has 0 aliphatic carbocycles. The first-order valence-electron chi connectivity index (χ1n) is 9.17. The minimum Gasteiger partial charge on any atom is -0.373 e. The zero-order valence-corrected chi connectivity index (χ0v) is 15.1. The molecule has 0 unspecified atom stereocenters. The number of rotatable bonds is 4. The quantitative estimate of drug-likeness (QED) is 0.897. The van der Waals surface area contributed by atoms with E-state index in [1.54, 1.807) is 24.5 Å². The van der Waals surface area contributed by atoms with Crippen LogP contribution >= 0.6 is 0 Å². The van der Waals surface area contributed by atoms with Gasteiger partial charge in [-0.25, -0.2) is 0 Å². The van der Waals surface area contributed by atoms with Gasteiger partial charge in [0.2, 0.25) is 0 Å². The highest BCUT2D eigenvalue weighted by Crippen LogP contribution is 2.35. The molecule has 7 nitrogen and oxygen atoms in total. The number of hydrogen-bond acceptors (Lipinski definition) is 5. The van der Waals surface area contributed by atoms with Gasteiger partial charge in [0.05, 0.1) is 11.8 Å². The average Bonchev–Trinajstić information content (AvgIpc) is 3.22. The fraction of sp³-hybridized carbons (Fsp3) is 0.526. The summed E-state index contributed by atoms with van der Waals surface area (Å²) in [6.45, 7) is 3.51. The van der Waals surface area contributed by atoms with Crippen molar-refractivity contribution in [3.05, 3.63) is 48.0 Å². The predicted molar refractivity (Wildman–Crippen MR) is 96.5 cm³/mol. The number of nitrogens with one attached hydrogen (secondary N) is 1. The van der Waals surface area contributed by atoms with Gasteiger partial charge in [-0.1, -0.05) is 0 Å². The Morgan fingerprint density at radius 1 is 1.42 bits per heavy atom. The van der Waals surface area contributed by atoms with Gasteiger partial charge in [0.1, 0.15) is 0 Å². The van der Waals surface area contributed by atoms with Crippen molar-refractivity contribution in [1.29, 1.82) is 0 Å². The Bertz CT molecular complexity index is 762. The molecule has 4 heterocycles. The van der Waals surface area contributed by atoms with Crippen LogP contribution in [0.5, 0.6) is 0 Å². The number of carbonyl (C=O) groups excluding carboxylic acids is 1. The molecule has 0 bridgehead atoms. The molecule has 0 aromatic carbocycles. The highest BCUT2D eigenvalue weighted by molar-refractivity contribution is 5.94. The number of amides is 1. The minimum absolute atomic E-state index is 0.0281. The smallest absolute Gasteiger partial charge is 0.251 e. The molecule has 2 aromatic heterocycles. The normalized spacial score (nSPS) is 26.3. The third-order valence-corrected chi connectivity index (χ3v) is 5.33. The van der Waals surface area contributed by atoms with Crippen molar-refractivity contribution in [2.45, 2.75) is 37.5 Å². The van der Waals surface area contributed by atoms with E-state index in [0.29, 0.717) is 12.2 Å². The van der Waals surface area contributed by atoms with Crippen LogP contribution in [0.15, 0.2) is 36.9 Å². The highest BCUT2D eigenvalue weighted by Gasteiger charge is 2.43. The fourth-order valence-electron chi connectivity index (χ4n) is 4.08. The van der Waals surface area contributed by atoms with Crippen molar-refractivity contribution in [3.8, 4) is 0 Å². The third-order valence-electron chi connectivity index (χ3n) is 5.33. The zero-order chi connectivity index (χ0) is 18.0. The first-order valence-corrected chi connectivity index (χ1v) is 9.17. The number of hydrogen-bond donors (Lipinski definition) is 1. The molecule has 7 heteroatoms. The molecule has 4 rings (SSSR count). The molecule has 1 N–H and O–H groups in total. The lowest BCUT2D eigenvalue weighted by molar-refractivity contribution is -0.0793. The Kier molecular flexibility index (Phi) is 4.74. The van der Waals surface area contributed by atoms with E-state index < -0.39 is 0 Å². The summed E-state index contributed by atoms with van der Waals surface area (Å²) in [5.41, 5.74) is 1.74. The van der Waals surface area contributed by atoms with E-state index in [0.717, 1.165) is 38.9 Å². The Labute approximate surface area is 153 Å². The van der Waals surface area contributed by atoms with Crippen molar-refractivity contribution in [3.63, 3.8) is 0 Å². The standard InChI is InChI=1S/C19H25N5O2/c1-23-12-15(11-21-23)13-24-8-5-19(14-24)10-17(4-9-26-19)22-18(25)16-2-6-20-7-3-16/h2-3,6-7,11-12,17H,4-5,8-10,13-14H2,1H3,(H,22,25)/t17-,19+/m1/s1. The monoisotopic (exact) mass is 355 g/mol. The second kappa shape index (κ2) is 7.17. The molecule has 2 atom stereocenters. The lowest BCUT2D eigenvalue weighted by Gasteiger charge is -2.38. The van der Waals surface area contributed by atoms with Crippen molar-refractivity contribution in [1.82, 2.24) is 25.0 Å². The van der Waals surface area contributed by atoms with E-state index in [4.69, 9.17) is 4.74 Å². The van der Waals surface area contributed by atoms with E-state index >= 15 is 0 Å².